The third-order valence-corrected chi connectivity index (χ3v) is 2.20. The summed E-state index contributed by atoms with van der Waals surface area (Å²) in [6.07, 6.45) is 2.06. The molecule has 0 amide bonds. The Morgan fingerprint density at radius 2 is 2.07 bits per heavy atom. The van der Waals surface area contributed by atoms with Gasteiger partial charge in [0.05, 0.1) is 6.10 Å². The third-order valence-electron chi connectivity index (χ3n) is 2.20. The summed E-state index contributed by atoms with van der Waals surface area (Å²) >= 11 is 0. The number of rotatable bonds is 5. The molecule has 0 bridgehead atoms. The standard InChI is InChI=1S/C10H18N2O2/c1-7(2)6-9(13)4-5-10-8(3)11-14-12-10/h7,9,13H,4-6H2,1-3H3. The molecule has 1 unspecified atom stereocenters. The van der Waals surface area contributed by atoms with E-state index in [0.717, 1.165) is 30.7 Å². The quantitative estimate of drug-likeness (QED) is 0.782. The van der Waals surface area contributed by atoms with E-state index in [-0.39, 0.29) is 6.10 Å². The van der Waals surface area contributed by atoms with Crippen LogP contribution in [0.15, 0.2) is 4.63 Å². The predicted octanol–water partition coefficient (Wildman–Crippen LogP) is 1.72. The smallest absolute Gasteiger partial charge is 0.108 e. The Bertz CT molecular complexity index is 271. The molecule has 0 aliphatic carbocycles. The molecule has 0 saturated carbocycles. The Morgan fingerprint density at radius 1 is 1.36 bits per heavy atom. The average Bonchev–Trinajstić information content (AvgIpc) is 2.46. The van der Waals surface area contributed by atoms with E-state index in [1.807, 2.05) is 6.92 Å². The van der Waals surface area contributed by atoms with Crippen LogP contribution in [0.4, 0.5) is 0 Å². The maximum absolute atomic E-state index is 9.63. The Morgan fingerprint density at radius 3 is 2.57 bits per heavy atom. The fourth-order valence-electron chi connectivity index (χ4n) is 1.44. The number of hydrogen-bond donors (Lipinski definition) is 1. The van der Waals surface area contributed by atoms with Gasteiger partial charge in [-0.25, -0.2) is 4.63 Å². The molecule has 0 spiro atoms. The molecule has 0 aromatic carbocycles. The zero-order chi connectivity index (χ0) is 10.6. The summed E-state index contributed by atoms with van der Waals surface area (Å²) in [5, 5.41) is 17.1. The molecule has 0 saturated heterocycles. The van der Waals surface area contributed by atoms with E-state index >= 15 is 0 Å². The van der Waals surface area contributed by atoms with Crippen LogP contribution in [0.25, 0.3) is 0 Å². The maximum atomic E-state index is 9.63. The molecule has 1 aromatic rings. The van der Waals surface area contributed by atoms with Gasteiger partial charge in [-0.05, 0) is 32.1 Å². The highest BCUT2D eigenvalue weighted by Crippen LogP contribution is 2.11. The lowest BCUT2D eigenvalue weighted by atomic mass is 10.0. The summed E-state index contributed by atoms with van der Waals surface area (Å²) in [5.41, 5.74) is 1.68. The van der Waals surface area contributed by atoms with Crippen LogP contribution in [0, 0.1) is 12.8 Å². The van der Waals surface area contributed by atoms with Crippen molar-refractivity contribution in [2.75, 3.05) is 0 Å². The first-order valence-corrected chi connectivity index (χ1v) is 5.05. The van der Waals surface area contributed by atoms with Gasteiger partial charge in [-0.1, -0.05) is 24.2 Å². The lowest BCUT2D eigenvalue weighted by Crippen LogP contribution is -2.11. The minimum absolute atomic E-state index is 0.244. The van der Waals surface area contributed by atoms with Crippen molar-refractivity contribution in [2.45, 2.75) is 46.1 Å². The van der Waals surface area contributed by atoms with Crippen molar-refractivity contribution < 1.29 is 9.74 Å². The van der Waals surface area contributed by atoms with E-state index in [2.05, 4.69) is 28.8 Å². The summed E-state index contributed by atoms with van der Waals surface area (Å²) in [6, 6.07) is 0. The molecule has 1 N–H and O–H groups in total. The van der Waals surface area contributed by atoms with Crippen molar-refractivity contribution in [3.8, 4) is 0 Å². The molecule has 1 heterocycles. The second kappa shape index (κ2) is 5.10. The number of aryl methyl sites for hydroxylation is 2. The van der Waals surface area contributed by atoms with E-state index in [1.54, 1.807) is 0 Å². The van der Waals surface area contributed by atoms with Crippen molar-refractivity contribution in [1.29, 1.82) is 0 Å². The van der Waals surface area contributed by atoms with Gasteiger partial charge in [-0.3, -0.25) is 0 Å². The first-order chi connectivity index (χ1) is 6.59. The maximum Gasteiger partial charge on any atom is 0.108 e. The first-order valence-electron chi connectivity index (χ1n) is 5.05. The van der Waals surface area contributed by atoms with Gasteiger partial charge in [0.2, 0.25) is 0 Å². The molecule has 1 rings (SSSR count). The molecule has 0 aliphatic rings. The molecule has 0 radical (unpaired) electrons. The summed E-state index contributed by atoms with van der Waals surface area (Å²) < 4.78 is 4.58. The van der Waals surface area contributed by atoms with E-state index in [1.165, 1.54) is 0 Å². The van der Waals surface area contributed by atoms with E-state index in [4.69, 9.17) is 0 Å². The molecular formula is C10H18N2O2. The fourth-order valence-corrected chi connectivity index (χ4v) is 1.44. The van der Waals surface area contributed by atoms with Crippen LogP contribution in [-0.4, -0.2) is 21.5 Å². The molecule has 0 fully saturated rings. The normalized spacial score (nSPS) is 13.5. The summed E-state index contributed by atoms with van der Waals surface area (Å²) in [4.78, 5) is 0. The minimum Gasteiger partial charge on any atom is -0.393 e. The van der Waals surface area contributed by atoms with Crippen molar-refractivity contribution >= 4 is 0 Å². The number of nitrogens with zero attached hydrogens (tertiary/aromatic N) is 2. The summed E-state index contributed by atoms with van der Waals surface area (Å²) in [5.74, 6) is 0.529. The zero-order valence-electron chi connectivity index (χ0n) is 9.03. The molecule has 0 aliphatic heterocycles. The van der Waals surface area contributed by atoms with Crippen molar-refractivity contribution in [2.24, 2.45) is 5.92 Å². The number of aromatic nitrogens is 2. The lowest BCUT2D eigenvalue weighted by Gasteiger charge is -2.11. The lowest BCUT2D eigenvalue weighted by molar-refractivity contribution is 0.139. The fraction of sp³-hybridized carbons (Fsp3) is 0.800. The SMILES string of the molecule is Cc1nonc1CCC(O)CC(C)C. The molecule has 4 nitrogen and oxygen atoms in total. The third kappa shape index (κ3) is 3.46. The van der Waals surface area contributed by atoms with E-state index in [9.17, 15) is 5.11 Å². The highest BCUT2D eigenvalue weighted by molar-refractivity contribution is 5.04. The Balaban J connectivity index is 2.30. The highest BCUT2D eigenvalue weighted by Gasteiger charge is 2.10. The van der Waals surface area contributed by atoms with E-state index in [0.29, 0.717) is 5.92 Å². The van der Waals surface area contributed by atoms with Crippen LogP contribution < -0.4 is 0 Å². The van der Waals surface area contributed by atoms with Crippen molar-refractivity contribution in [3.05, 3.63) is 11.4 Å². The summed E-state index contributed by atoms with van der Waals surface area (Å²) in [6.45, 7) is 6.07. The average molecular weight is 198 g/mol. The zero-order valence-corrected chi connectivity index (χ0v) is 9.03. The van der Waals surface area contributed by atoms with Crippen molar-refractivity contribution in [1.82, 2.24) is 10.3 Å². The monoisotopic (exact) mass is 198 g/mol. The van der Waals surface area contributed by atoms with Gasteiger partial charge in [0, 0.05) is 0 Å². The van der Waals surface area contributed by atoms with Crippen molar-refractivity contribution in [3.63, 3.8) is 0 Å². The Kier molecular flexibility index (Phi) is 4.07. The predicted molar refractivity (Wildman–Crippen MR) is 52.8 cm³/mol. The molecule has 80 valence electrons. The minimum atomic E-state index is -0.244. The van der Waals surface area contributed by atoms with Crippen LogP contribution in [-0.2, 0) is 6.42 Å². The second-order valence-corrected chi connectivity index (χ2v) is 4.12. The van der Waals surface area contributed by atoms with Crippen LogP contribution in [0.5, 0.6) is 0 Å². The van der Waals surface area contributed by atoms with Gasteiger partial charge in [-0.2, -0.15) is 0 Å². The number of aliphatic hydroxyl groups excluding tert-OH is 1. The van der Waals surface area contributed by atoms with Crippen LogP contribution in [0.2, 0.25) is 0 Å². The highest BCUT2D eigenvalue weighted by atomic mass is 16.6. The second-order valence-electron chi connectivity index (χ2n) is 4.12. The topological polar surface area (TPSA) is 59.2 Å². The van der Waals surface area contributed by atoms with Crippen LogP contribution >= 0.6 is 0 Å². The number of aliphatic hydroxyl groups is 1. The Hall–Kier alpha value is -0.900. The molecule has 4 heteroatoms. The first kappa shape index (κ1) is 11.2. The number of hydrogen-bond acceptors (Lipinski definition) is 4. The van der Waals surface area contributed by atoms with Gasteiger partial charge in [-0.15, -0.1) is 0 Å². The van der Waals surface area contributed by atoms with Gasteiger partial charge in [0.25, 0.3) is 0 Å². The van der Waals surface area contributed by atoms with E-state index < -0.39 is 0 Å². The molecule has 14 heavy (non-hydrogen) atoms. The summed E-state index contributed by atoms with van der Waals surface area (Å²) in [7, 11) is 0. The van der Waals surface area contributed by atoms with Gasteiger partial charge < -0.3 is 5.11 Å². The van der Waals surface area contributed by atoms with Crippen LogP contribution in [0.1, 0.15) is 38.1 Å². The molecule has 1 aromatic heterocycles. The molecule has 1 atom stereocenters. The molecular weight excluding hydrogens is 180 g/mol. The largest absolute Gasteiger partial charge is 0.393 e. The van der Waals surface area contributed by atoms with Crippen LogP contribution in [0.3, 0.4) is 0 Å². The van der Waals surface area contributed by atoms with Gasteiger partial charge >= 0.3 is 0 Å². The van der Waals surface area contributed by atoms with Gasteiger partial charge in [0.15, 0.2) is 0 Å². The Labute approximate surface area is 84.3 Å². The van der Waals surface area contributed by atoms with Gasteiger partial charge in [0.1, 0.15) is 11.4 Å².